The zero-order valence-corrected chi connectivity index (χ0v) is 17.5. The van der Waals surface area contributed by atoms with E-state index in [4.69, 9.17) is 9.47 Å². The molecule has 0 aromatic heterocycles. The minimum atomic E-state index is -1.21. The highest BCUT2D eigenvalue weighted by molar-refractivity contribution is 5.99. The number of amides is 2. The first kappa shape index (κ1) is 21.1. The first-order chi connectivity index (χ1) is 14.5. The molecule has 0 aliphatic carbocycles. The van der Waals surface area contributed by atoms with Gasteiger partial charge in [0.25, 0.3) is 0 Å². The normalized spacial score (nSPS) is 36.2. The predicted molar refractivity (Wildman–Crippen MR) is 107 cm³/mol. The number of rotatable bonds is 6. The van der Waals surface area contributed by atoms with Crippen molar-refractivity contribution < 1.29 is 29.0 Å². The summed E-state index contributed by atoms with van der Waals surface area (Å²) in [7, 11) is 0. The molecule has 1 N–H and O–H groups in total. The van der Waals surface area contributed by atoms with Crippen LogP contribution in [0.25, 0.3) is 0 Å². The zero-order chi connectivity index (χ0) is 21.5. The lowest BCUT2D eigenvalue weighted by atomic mass is 9.78. The van der Waals surface area contributed by atoms with Crippen molar-refractivity contribution >= 4 is 17.8 Å². The lowest BCUT2D eigenvalue weighted by Crippen LogP contribution is -2.56. The van der Waals surface area contributed by atoms with Gasteiger partial charge in [-0.2, -0.15) is 0 Å². The van der Waals surface area contributed by atoms with Crippen LogP contribution in [0.1, 0.15) is 33.1 Å². The third-order valence-corrected chi connectivity index (χ3v) is 6.74. The number of esters is 1. The number of aliphatic hydroxyl groups excluding tert-OH is 1. The minimum absolute atomic E-state index is 0.0212. The van der Waals surface area contributed by atoms with E-state index in [1.54, 1.807) is 17.1 Å². The van der Waals surface area contributed by atoms with Crippen molar-refractivity contribution in [2.75, 3.05) is 26.3 Å². The maximum atomic E-state index is 13.8. The second kappa shape index (κ2) is 8.15. The smallest absolute Gasteiger partial charge is 0.313 e. The van der Waals surface area contributed by atoms with Crippen molar-refractivity contribution in [2.45, 2.75) is 56.9 Å². The van der Waals surface area contributed by atoms with Crippen molar-refractivity contribution in [1.82, 2.24) is 9.80 Å². The Hall–Kier alpha value is -2.19. The third kappa shape index (κ3) is 3.08. The van der Waals surface area contributed by atoms with E-state index in [1.165, 1.54) is 4.90 Å². The van der Waals surface area contributed by atoms with Crippen LogP contribution in [0.15, 0.2) is 24.3 Å². The molecule has 4 rings (SSSR count). The van der Waals surface area contributed by atoms with Gasteiger partial charge in [0.15, 0.2) is 0 Å². The van der Waals surface area contributed by atoms with E-state index in [1.807, 2.05) is 19.1 Å². The van der Waals surface area contributed by atoms with Crippen LogP contribution in [0.2, 0.25) is 0 Å². The Morgan fingerprint density at radius 2 is 2.07 bits per heavy atom. The Balaban J connectivity index is 1.78. The first-order valence-electron chi connectivity index (χ1n) is 10.9. The van der Waals surface area contributed by atoms with Crippen molar-refractivity contribution in [3.8, 4) is 0 Å². The number of aliphatic hydroxyl groups is 1. The van der Waals surface area contributed by atoms with E-state index in [0.717, 1.165) is 12.8 Å². The van der Waals surface area contributed by atoms with Gasteiger partial charge in [0.1, 0.15) is 24.2 Å². The van der Waals surface area contributed by atoms with E-state index in [9.17, 15) is 19.5 Å². The lowest BCUT2D eigenvalue weighted by Gasteiger charge is -2.37. The second-order valence-corrected chi connectivity index (χ2v) is 8.54. The van der Waals surface area contributed by atoms with Crippen molar-refractivity contribution in [2.24, 2.45) is 11.8 Å². The van der Waals surface area contributed by atoms with E-state index < -0.39 is 35.6 Å². The Morgan fingerprint density at radius 3 is 2.80 bits per heavy atom. The monoisotopic (exact) mass is 418 g/mol. The molecule has 2 fully saturated rings. The summed E-state index contributed by atoms with van der Waals surface area (Å²) in [6.45, 7) is 4.82. The predicted octanol–water partition coefficient (Wildman–Crippen LogP) is 0.650. The van der Waals surface area contributed by atoms with E-state index >= 15 is 0 Å². The standard InChI is InChI=1S/C22H30N2O6/c1-3-7-14(2)23-10-5-9-22-17(16-15(30-22)8-4-13-29-21(16)28)19(26)24(11-6-12-25)18(22)20(23)27/h4-5,8-9,14-18,25H,3,6-7,10-13H2,1-2H3/t14?,15-,16+,17-,18?,22-/m0/s1. The first-order valence-corrected chi connectivity index (χ1v) is 10.9. The van der Waals surface area contributed by atoms with Gasteiger partial charge in [0.2, 0.25) is 11.8 Å². The molecular weight excluding hydrogens is 388 g/mol. The molecule has 4 aliphatic rings. The summed E-state index contributed by atoms with van der Waals surface area (Å²) >= 11 is 0. The maximum absolute atomic E-state index is 13.8. The molecule has 30 heavy (non-hydrogen) atoms. The number of carbonyl (C=O) groups is 3. The summed E-state index contributed by atoms with van der Waals surface area (Å²) in [5, 5.41) is 9.35. The summed E-state index contributed by atoms with van der Waals surface area (Å²) < 4.78 is 11.7. The topological polar surface area (TPSA) is 96.4 Å². The van der Waals surface area contributed by atoms with Crippen LogP contribution < -0.4 is 0 Å². The largest absolute Gasteiger partial charge is 0.461 e. The molecule has 0 saturated carbocycles. The van der Waals surface area contributed by atoms with Crippen LogP contribution in [0.4, 0.5) is 0 Å². The SMILES string of the molecule is CCCC(C)N1CC=C[C@]23O[C@H]4C=CCOC(=O)[C@H]4[C@H]2C(=O)N(CCCO)C3C1=O. The molecule has 8 nitrogen and oxygen atoms in total. The Morgan fingerprint density at radius 1 is 1.27 bits per heavy atom. The van der Waals surface area contributed by atoms with Crippen LogP contribution >= 0.6 is 0 Å². The quantitative estimate of drug-likeness (QED) is 0.503. The highest BCUT2D eigenvalue weighted by Crippen LogP contribution is 2.53. The van der Waals surface area contributed by atoms with Crippen LogP contribution in [0, 0.1) is 11.8 Å². The number of ether oxygens (including phenoxy) is 2. The van der Waals surface area contributed by atoms with Crippen molar-refractivity contribution in [1.29, 1.82) is 0 Å². The molecule has 0 aromatic carbocycles. The van der Waals surface area contributed by atoms with Crippen LogP contribution in [-0.4, -0.2) is 82.8 Å². The Kier molecular flexibility index (Phi) is 5.72. The molecule has 2 amide bonds. The van der Waals surface area contributed by atoms with Gasteiger partial charge >= 0.3 is 5.97 Å². The summed E-state index contributed by atoms with van der Waals surface area (Å²) in [6.07, 6.45) is 8.75. The van der Waals surface area contributed by atoms with Crippen molar-refractivity contribution in [3.63, 3.8) is 0 Å². The number of likely N-dealkylation sites (tertiary alicyclic amines) is 1. The molecule has 4 heterocycles. The molecule has 0 bridgehead atoms. The van der Waals surface area contributed by atoms with Gasteiger partial charge in [-0.15, -0.1) is 0 Å². The lowest BCUT2D eigenvalue weighted by molar-refractivity contribution is -0.153. The van der Waals surface area contributed by atoms with Crippen LogP contribution in [0.3, 0.4) is 0 Å². The number of nitrogens with zero attached hydrogens (tertiary/aromatic N) is 2. The molecular formula is C22H30N2O6. The number of carbonyl (C=O) groups excluding carboxylic acids is 3. The average Bonchev–Trinajstić information content (AvgIpc) is 3.01. The van der Waals surface area contributed by atoms with E-state index in [2.05, 4.69) is 6.92 Å². The number of hydrogen-bond acceptors (Lipinski definition) is 6. The summed E-state index contributed by atoms with van der Waals surface area (Å²) in [5.74, 6) is -2.51. The van der Waals surface area contributed by atoms with Gasteiger partial charge in [-0.1, -0.05) is 31.6 Å². The summed E-state index contributed by atoms with van der Waals surface area (Å²) in [6, 6.07) is -0.833. The number of hydrogen-bond donors (Lipinski definition) is 1. The molecule has 6 atom stereocenters. The highest BCUT2D eigenvalue weighted by atomic mass is 16.6. The fourth-order valence-corrected chi connectivity index (χ4v) is 5.44. The van der Waals surface area contributed by atoms with Crippen LogP contribution in [-0.2, 0) is 23.9 Å². The molecule has 2 unspecified atom stereocenters. The summed E-state index contributed by atoms with van der Waals surface area (Å²) in [4.78, 5) is 43.4. The molecule has 1 spiro atoms. The molecule has 4 aliphatic heterocycles. The van der Waals surface area contributed by atoms with Crippen molar-refractivity contribution in [3.05, 3.63) is 24.3 Å². The summed E-state index contributed by atoms with van der Waals surface area (Å²) in [5.41, 5.74) is -1.21. The minimum Gasteiger partial charge on any atom is -0.461 e. The third-order valence-electron chi connectivity index (χ3n) is 6.74. The molecule has 164 valence electrons. The highest BCUT2D eigenvalue weighted by Gasteiger charge is 2.71. The second-order valence-electron chi connectivity index (χ2n) is 8.54. The van der Waals surface area contributed by atoms with Gasteiger partial charge in [0.05, 0.1) is 12.0 Å². The van der Waals surface area contributed by atoms with Gasteiger partial charge < -0.3 is 24.4 Å². The number of cyclic esters (lactones) is 1. The molecule has 8 heteroatoms. The zero-order valence-electron chi connectivity index (χ0n) is 17.5. The van der Waals surface area contributed by atoms with Gasteiger partial charge in [-0.3, -0.25) is 14.4 Å². The Labute approximate surface area is 176 Å². The average molecular weight is 418 g/mol. The van der Waals surface area contributed by atoms with Gasteiger partial charge in [-0.25, -0.2) is 0 Å². The van der Waals surface area contributed by atoms with E-state index in [-0.39, 0.29) is 37.6 Å². The fraction of sp³-hybridized carbons (Fsp3) is 0.682. The molecule has 0 aromatic rings. The molecule has 2 saturated heterocycles. The van der Waals surface area contributed by atoms with E-state index in [0.29, 0.717) is 13.0 Å². The number of fused-ring (bicyclic) bond motifs is 2. The molecule has 0 radical (unpaired) electrons. The van der Waals surface area contributed by atoms with Gasteiger partial charge in [-0.05, 0) is 25.8 Å². The Bertz CT molecular complexity index is 780. The maximum Gasteiger partial charge on any atom is 0.313 e. The fourth-order valence-electron chi connectivity index (χ4n) is 5.44. The van der Waals surface area contributed by atoms with Gasteiger partial charge in [0, 0.05) is 25.7 Å². The van der Waals surface area contributed by atoms with Crippen LogP contribution in [0.5, 0.6) is 0 Å².